The maximum Gasteiger partial charge on any atom is 0.191 e. The molecule has 1 fully saturated rings. The van der Waals surface area contributed by atoms with E-state index in [4.69, 9.17) is 0 Å². The largest absolute Gasteiger partial charge is 0.356 e. The Morgan fingerprint density at radius 1 is 1.16 bits per heavy atom. The van der Waals surface area contributed by atoms with Crippen molar-refractivity contribution in [3.8, 4) is 0 Å². The van der Waals surface area contributed by atoms with Crippen molar-refractivity contribution in [1.29, 1.82) is 0 Å². The Morgan fingerprint density at radius 2 is 2.00 bits per heavy atom. The highest BCUT2D eigenvalue weighted by Gasteiger charge is 2.29. The lowest BCUT2D eigenvalue weighted by Crippen LogP contribution is -2.45. The van der Waals surface area contributed by atoms with E-state index in [1.807, 2.05) is 7.05 Å². The number of likely N-dealkylation sites (tertiary alicyclic amines) is 1. The molecule has 2 aromatic rings. The average molecular weight is 537 g/mol. The lowest BCUT2D eigenvalue weighted by molar-refractivity contribution is 0.258. The molecule has 0 bridgehead atoms. The summed E-state index contributed by atoms with van der Waals surface area (Å²) in [5.74, 6) is 3.13. The third kappa shape index (κ3) is 6.41. The normalized spacial score (nSPS) is 21.8. The molecule has 4 rings (SSSR count). The van der Waals surface area contributed by atoms with Crippen molar-refractivity contribution in [2.24, 2.45) is 4.99 Å². The van der Waals surface area contributed by atoms with Crippen LogP contribution in [-0.2, 0) is 25.9 Å². The van der Waals surface area contributed by atoms with Crippen LogP contribution in [0.15, 0.2) is 35.3 Å². The van der Waals surface area contributed by atoms with Crippen LogP contribution in [-0.4, -0.2) is 57.8 Å². The molecule has 8 heteroatoms. The molecule has 1 aromatic heterocycles. The van der Waals surface area contributed by atoms with Gasteiger partial charge in [-0.05, 0) is 31.7 Å². The van der Waals surface area contributed by atoms with E-state index in [2.05, 4.69) is 72.5 Å². The van der Waals surface area contributed by atoms with E-state index in [0.717, 1.165) is 63.0 Å². The van der Waals surface area contributed by atoms with E-state index in [1.54, 1.807) is 0 Å². The van der Waals surface area contributed by atoms with Crippen molar-refractivity contribution in [1.82, 2.24) is 30.3 Å². The number of benzene rings is 1. The minimum Gasteiger partial charge on any atom is -0.356 e. The molecular formula is C23H36IN7. The van der Waals surface area contributed by atoms with Crippen molar-refractivity contribution < 1.29 is 0 Å². The van der Waals surface area contributed by atoms with Crippen LogP contribution in [0.2, 0.25) is 0 Å². The number of nitrogens with zero attached hydrogens (tertiary/aromatic N) is 5. The highest BCUT2D eigenvalue weighted by molar-refractivity contribution is 14.0. The summed E-state index contributed by atoms with van der Waals surface area (Å²) < 4.78 is 2.32. The Morgan fingerprint density at radius 3 is 2.81 bits per heavy atom. The minimum atomic E-state index is 0. The Kier molecular flexibility index (Phi) is 9.13. The summed E-state index contributed by atoms with van der Waals surface area (Å²) >= 11 is 0. The highest BCUT2D eigenvalue weighted by atomic mass is 127. The molecule has 2 aliphatic heterocycles. The molecule has 0 aliphatic carbocycles. The molecule has 170 valence electrons. The minimum absolute atomic E-state index is 0. The zero-order valence-corrected chi connectivity index (χ0v) is 21.1. The van der Waals surface area contributed by atoms with Crippen molar-refractivity contribution in [2.75, 3.05) is 20.1 Å². The second-order valence-electron chi connectivity index (χ2n) is 8.58. The molecule has 2 atom stereocenters. The van der Waals surface area contributed by atoms with E-state index in [9.17, 15) is 0 Å². The summed E-state index contributed by atoms with van der Waals surface area (Å²) in [5.41, 5.74) is 1.37. The van der Waals surface area contributed by atoms with Gasteiger partial charge in [0.2, 0.25) is 0 Å². The number of guanidine groups is 1. The molecule has 2 aliphatic rings. The van der Waals surface area contributed by atoms with Crippen LogP contribution < -0.4 is 10.6 Å². The Labute approximate surface area is 203 Å². The summed E-state index contributed by atoms with van der Waals surface area (Å²) in [6.45, 7) is 6.23. The first-order chi connectivity index (χ1) is 14.7. The third-order valence-electron chi connectivity index (χ3n) is 6.32. The van der Waals surface area contributed by atoms with Gasteiger partial charge in [0, 0.05) is 58.2 Å². The molecule has 31 heavy (non-hydrogen) atoms. The van der Waals surface area contributed by atoms with Gasteiger partial charge in [-0.3, -0.25) is 9.89 Å². The Balaban J connectivity index is 0.00000272. The maximum absolute atomic E-state index is 4.44. The van der Waals surface area contributed by atoms with Gasteiger partial charge in [0.1, 0.15) is 11.6 Å². The van der Waals surface area contributed by atoms with E-state index >= 15 is 0 Å². The Hall–Kier alpha value is -1.68. The van der Waals surface area contributed by atoms with E-state index in [0.29, 0.717) is 12.1 Å². The van der Waals surface area contributed by atoms with Gasteiger partial charge >= 0.3 is 0 Å². The predicted octanol–water partition coefficient (Wildman–Crippen LogP) is 2.99. The number of hydrogen-bond acceptors (Lipinski definition) is 4. The molecule has 7 nitrogen and oxygen atoms in total. The lowest BCUT2D eigenvalue weighted by Gasteiger charge is -2.21. The molecule has 1 aromatic carbocycles. The first-order valence-corrected chi connectivity index (χ1v) is 11.4. The van der Waals surface area contributed by atoms with Crippen LogP contribution in [0.4, 0.5) is 0 Å². The summed E-state index contributed by atoms with van der Waals surface area (Å²) in [6, 6.07) is 11.7. The summed E-state index contributed by atoms with van der Waals surface area (Å²) in [6.07, 6.45) is 6.81. The van der Waals surface area contributed by atoms with Gasteiger partial charge in [-0.15, -0.1) is 34.2 Å². The van der Waals surface area contributed by atoms with Crippen LogP contribution in [0, 0.1) is 0 Å². The van der Waals surface area contributed by atoms with Crippen molar-refractivity contribution >= 4 is 29.9 Å². The maximum atomic E-state index is 4.44. The van der Waals surface area contributed by atoms with Crippen LogP contribution in [0.1, 0.15) is 49.8 Å². The smallest absolute Gasteiger partial charge is 0.191 e. The number of nitrogens with one attached hydrogen (secondary N) is 2. The zero-order valence-electron chi connectivity index (χ0n) is 18.8. The molecule has 0 amide bonds. The van der Waals surface area contributed by atoms with Gasteiger partial charge in [-0.2, -0.15) is 0 Å². The van der Waals surface area contributed by atoms with Gasteiger partial charge in [-0.25, -0.2) is 0 Å². The lowest BCUT2D eigenvalue weighted by atomic mass is 10.2. The molecule has 0 radical (unpaired) electrons. The number of aryl methyl sites for hydroxylation is 1. The summed E-state index contributed by atoms with van der Waals surface area (Å²) in [5, 5.41) is 15.9. The van der Waals surface area contributed by atoms with Crippen LogP contribution in [0.5, 0.6) is 0 Å². The molecule has 2 N–H and O–H groups in total. The van der Waals surface area contributed by atoms with Gasteiger partial charge in [0.15, 0.2) is 5.96 Å². The molecule has 3 heterocycles. The topological polar surface area (TPSA) is 70.4 Å². The van der Waals surface area contributed by atoms with Crippen molar-refractivity contribution in [3.05, 3.63) is 47.5 Å². The fourth-order valence-electron chi connectivity index (χ4n) is 4.65. The van der Waals surface area contributed by atoms with E-state index < -0.39 is 0 Å². The molecule has 1 saturated heterocycles. The van der Waals surface area contributed by atoms with Gasteiger partial charge in [-0.1, -0.05) is 36.8 Å². The quantitative estimate of drug-likeness (QED) is 0.337. The second kappa shape index (κ2) is 11.8. The average Bonchev–Trinajstić information content (AvgIpc) is 3.20. The van der Waals surface area contributed by atoms with Gasteiger partial charge in [0.05, 0.1) is 0 Å². The van der Waals surface area contributed by atoms with Gasteiger partial charge < -0.3 is 15.2 Å². The summed E-state index contributed by atoms with van der Waals surface area (Å²) in [7, 11) is 1.85. The van der Waals surface area contributed by atoms with Crippen LogP contribution in [0.25, 0.3) is 0 Å². The monoisotopic (exact) mass is 537 g/mol. The molecular weight excluding hydrogens is 501 g/mol. The van der Waals surface area contributed by atoms with Gasteiger partial charge in [0.25, 0.3) is 0 Å². The molecule has 2 unspecified atom stereocenters. The molecule has 0 spiro atoms. The van der Waals surface area contributed by atoms with E-state index in [-0.39, 0.29) is 24.0 Å². The van der Waals surface area contributed by atoms with Crippen molar-refractivity contribution in [3.63, 3.8) is 0 Å². The summed E-state index contributed by atoms with van der Waals surface area (Å²) in [4.78, 5) is 6.99. The second-order valence-corrected chi connectivity index (χ2v) is 8.58. The fraction of sp³-hybridized carbons (Fsp3) is 0.609. The number of hydrogen-bond donors (Lipinski definition) is 2. The number of rotatable bonds is 6. The number of aromatic nitrogens is 3. The zero-order chi connectivity index (χ0) is 20.8. The standard InChI is InChI=1S/C23H35N7.HI/c1-18-15-20(17-29(18)16-19-9-5-3-6-10-19)26-23(24-2)25-13-12-22-28-27-21-11-7-4-8-14-30(21)22;/h3,5-6,9-10,18,20H,4,7-8,11-17H2,1-2H3,(H2,24,25,26);1H. The first kappa shape index (κ1) is 24.0. The van der Waals surface area contributed by atoms with E-state index in [1.165, 1.54) is 24.8 Å². The SMILES string of the molecule is CN=C(NCCc1nnc2n1CCCCC2)NC1CC(C)N(Cc2ccccc2)C1.I. The Bertz CT molecular complexity index is 836. The highest BCUT2D eigenvalue weighted by Crippen LogP contribution is 2.20. The number of aliphatic imine (C=N–C) groups is 1. The molecule has 0 saturated carbocycles. The predicted molar refractivity (Wildman–Crippen MR) is 136 cm³/mol. The third-order valence-corrected chi connectivity index (χ3v) is 6.32. The number of fused-ring (bicyclic) bond motifs is 1. The van der Waals surface area contributed by atoms with Crippen LogP contribution >= 0.6 is 24.0 Å². The fourth-order valence-corrected chi connectivity index (χ4v) is 4.65. The number of halogens is 1. The first-order valence-electron chi connectivity index (χ1n) is 11.4. The van der Waals surface area contributed by atoms with Crippen molar-refractivity contribution in [2.45, 2.75) is 70.6 Å². The van der Waals surface area contributed by atoms with Crippen LogP contribution in [0.3, 0.4) is 0 Å².